The van der Waals surface area contributed by atoms with Crippen LogP contribution in [0.2, 0.25) is 0 Å². The first-order valence-electron chi connectivity index (χ1n) is 8.36. The van der Waals surface area contributed by atoms with E-state index in [4.69, 9.17) is 9.47 Å². The number of benzene rings is 1. The van der Waals surface area contributed by atoms with E-state index in [9.17, 15) is 13.2 Å². The third-order valence-electron chi connectivity index (χ3n) is 4.07. The number of para-hydroxylation sites is 1. The van der Waals surface area contributed by atoms with Gasteiger partial charge in [-0.05, 0) is 25.5 Å². The normalized spacial score (nSPS) is 20.0. The highest BCUT2D eigenvalue weighted by Gasteiger charge is 2.30. The van der Waals surface area contributed by atoms with E-state index in [0.29, 0.717) is 17.7 Å². The third-order valence-corrected chi connectivity index (χ3v) is 5.30. The van der Waals surface area contributed by atoms with Gasteiger partial charge in [0.2, 0.25) is 15.9 Å². The summed E-state index contributed by atoms with van der Waals surface area (Å²) in [7, 11) is -3.83. The average Bonchev–Trinajstić information content (AvgIpc) is 2.56. The number of rotatable bonds is 5. The Bertz CT molecular complexity index is 895. The van der Waals surface area contributed by atoms with Gasteiger partial charge in [0.05, 0.1) is 42.6 Å². The van der Waals surface area contributed by atoms with Crippen LogP contribution < -0.4 is 4.72 Å². The van der Waals surface area contributed by atoms with Gasteiger partial charge in [-0.15, -0.1) is 0 Å². The van der Waals surface area contributed by atoms with E-state index in [1.54, 1.807) is 24.4 Å². The lowest BCUT2D eigenvalue weighted by Crippen LogP contribution is -2.44. The fraction of sp³-hybridized carbons (Fsp3) is 0.444. The standard InChI is InChI=1S/C18H22N2O5S/c1-18(2)12-24-15(10-25-18)9-16(21)20-26(22,23)11-14-6-3-5-13-7-4-8-19-17(13)14/h3-8,15H,9-12H2,1-2H3,(H,20,21). The fourth-order valence-corrected chi connectivity index (χ4v) is 3.94. The predicted octanol–water partition coefficient (Wildman–Crippen LogP) is 1.76. The molecule has 0 aliphatic carbocycles. The molecule has 1 N–H and O–H groups in total. The summed E-state index contributed by atoms with van der Waals surface area (Å²) in [5.74, 6) is -0.922. The lowest BCUT2D eigenvalue weighted by Gasteiger charge is -2.34. The number of amides is 1. The van der Waals surface area contributed by atoms with Crippen LogP contribution in [0.4, 0.5) is 0 Å². The van der Waals surface area contributed by atoms with Crippen molar-refractivity contribution >= 4 is 26.8 Å². The SMILES string of the molecule is CC1(C)COC(CC(=O)NS(=O)(=O)Cc2cccc3cccnc23)CO1. The molecule has 0 saturated carbocycles. The molecule has 8 heteroatoms. The van der Waals surface area contributed by atoms with Crippen LogP contribution in [-0.4, -0.2) is 44.2 Å². The number of ether oxygens (including phenoxy) is 2. The van der Waals surface area contributed by atoms with E-state index in [0.717, 1.165) is 5.39 Å². The van der Waals surface area contributed by atoms with Crippen LogP contribution in [-0.2, 0) is 30.0 Å². The Kier molecular flexibility index (Phi) is 5.27. The van der Waals surface area contributed by atoms with Crippen LogP contribution in [0.1, 0.15) is 25.8 Å². The molecule has 1 unspecified atom stereocenters. The molecule has 3 rings (SSSR count). The minimum Gasteiger partial charge on any atom is -0.372 e. The number of nitrogens with zero attached hydrogens (tertiary/aromatic N) is 1. The molecular weight excluding hydrogens is 356 g/mol. The van der Waals surface area contributed by atoms with Gasteiger partial charge in [-0.2, -0.15) is 0 Å². The summed E-state index contributed by atoms with van der Waals surface area (Å²) in [6, 6.07) is 8.97. The summed E-state index contributed by atoms with van der Waals surface area (Å²) >= 11 is 0. The molecule has 2 aromatic rings. The van der Waals surface area contributed by atoms with Gasteiger partial charge in [0.15, 0.2) is 0 Å². The Morgan fingerprint density at radius 1 is 1.31 bits per heavy atom. The molecule has 1 saturated heterocycles. The highest BCUT2D eigenvalue weighted by Crippen LogP contribution is 2.20. The summed E-state index contributed by atoms with van der Waals surface area (Å²) in [4.78, 5) is 16.3. The summed E-state index contributed by atoms with van der Waals surface area (Å²) in [5, 5.41) is 0.849. The molecule has 1 aliphatic rings. The molecule has 140 valence electrons. The lowest BCUT2D eigenvalue weighted by atomic mass is 10.1. The van der Waals surface area contributed by atoms with E-state index in [2.05, 4.69) is 9.71 Å². The molecule has 1 aromatic heterocycles. The molecule has 7 nitrogen and oxygen atoms in total. The van der Waals surface area contributed by atoms with Gasteiger partial charge in [0.1, 0.15) is 0 Å². The van der Waals surface area contributed by atoms with Gasteiger partial charge in [0.25, 0.3) is 0 Å². The maximum absolute atomic E-state index is 12.4. The van der Waals surface area contributed by atoms with E-state index < -0.39 is 22.0 Å². The van der Waals surface area contributed by atoms with Gasteiger partial charge >= 0.3 is 0 Å². The number of carbonyl (C=O) groups excluding carboxylic acids is 1. The smallest absolute Gasteiger partial charge is 0.239 e. The zero-order valence-corrected chi connectivity index (χ0v) is 15.6. The summed E-state index contributed by atoms with van der Waals surface area (Å²) in [6.07, 6.45) is 1.10. The zero-order valence-electron chi connectivity index (χ0n) is 14.8. The Labute approximate surface area is 152 Å². The topological polar surface area (TPSA) is 94.6 Å². The van der Waals surface area contributed by atoms with Crippen molar-refractivity contribution in [2.75, 3.05) is 13.2 Å². The van der Waals surface area contributed by atoms with Crippen molar-refractivity contribution in [1.29, 1.82) is 0 Å². The van der Waals surface area contributed by atoms with Crippen LogP contribution >= 0.6 is 0 Å². The first kappa shape index (κ1) is 18.8. The van der Waals surface area contributed by atoms with Crippen LogP contribution in [0, 0.1) is 0 Å². The number of sulfonamides is 1. The number of pyridine rings is 1. The Hall–Kier alpha value is -2.03. The highest BCUT2D eigenvalue weighted by molar-refractivity contribution is 7.89. The van der Waals surface area contributed by atoms with Gasteiger partial charge in [-0.1, -0.05) is 24.3 Å². The maximum Gasteiger partial charge on any atom is 0.239 e. The number of hydrogen-bond donors (Lipinski definition) is 1. The molecule has 0 bridgehead atoms. The Balaban J connectivity index is 1.62. The number of hydrogen-bond acceptors (Lipinski definition) is 6. The van der Waals surface area contributed by atoms with Crippen LogP contribution in [0.3, 0.4) is 0 Å². The molecule has 1 amide bonds. The lowest BCUT2D eigenvalue weighted by molar-refractivity contribution is -0.177. The van der Waals surface area contributed by atoms with Crippen molar-refractivity contribution in [3.8, 4) is 0 Å². The van der Waals surface area contributed by atoms with Gasteiger partial charge in [-0.3, -0.25) is 14.5 Å². The van der Waals surface area contributed by atoms with Crippen LogP contribution in [0.15, 0.2) is 36.5 Å². The molecule has 1 fully saturated rings. The number of aromatic nitrogens is 1. The van der Waals surface area contributed by atoms with Crippen molar-refractivity contribution in [2.45, 2.75) is 37.7 Å². The second-order valence-electron chi connectivity index (χ2n) is 6.98. The van der Waals surface area contributed by atoms with Gasteiger partial charge < -0.3 is 9.47 Å². The summed E-state index contributed by atoms with van der Waals surface area (Å²) in [5.41, 5.74) is 0.766. The third kappa shape index (κ3) is 4.78. The molecular formula is C18H22N2O5S. The monoisotopic (exact) mass is 378 g/mol. The molecule has 0 radical (unpaired) electrons. The molecule has 2 heterocycles. The highest BCUT2D eigenvalue weighted by atomic mass is 32.2. The molecule has 1 aromatic carbocycles. The first-order valence-corrected chi connectivity index (χ1v) is 10.0. The predicted molar refractivity (Wildman–Crippen MR) is 96.9 cm³/mol. The maximum atomic E-state index is 12.4. The van der Waals surface area contributed by atoms with Crippen molar-refractivity contribution in [2.24, 2.45) is 0 Å². The van der Waals surface area contributed by atoms with E-state index in [1.165, 1.54) is 0 Å². The number of nitrogens with one attached hydrogen (secondary N) is 1. The summed E-state index contributed by atoms with van der Waals surface area (Å²) < 4.78 is 38.0. The fourth-order valence-electron chi connectivity index (χ4n) is 2.79. The molecule has 0 spiro atoms. The quantitative estimate of drug-likeness (QED) is 0.852. The number of carbonyl (C=O) groups is 1. The molecule has 26 heavy (non-hydrogen) atoms. The average molecular weight is 378 g/mol. The minimum atomic E-state index is -3.83. The first-order chi connectivity index (χ1) is 12.2. The largest absolute Gasteiger partial charge is 0.372 e. The van der Waals surface area contributed by atoms with E-state index >= 15 is 0 Å². The Morgan fingerprint density at radius 2 is 2.08 bits per heavy atom. The summed E-state index contributed by atoms with van der Waals surface area (Å²) in [6.45, 7) is 4.41. The van der Waals surface area contributed by atoms with Crippen LogP contribution in [0.5, 0.6) is 0 Å². The molecule has 1 atom stereocenters. The van der Waals surface area contributed by atoms with Gasteiger partial charge in [-0.25, -0.2) is 8.42 Å². The second kappa shape index (κ2) is 7.30. The Morgan fingerprint density at radius 3 is 2.81 bits per heavy atom. The minimum absolute atomic E-state index is 0.0664. The second-order valence-corrected chi connectivity index (χ2v) is 8.71. The van der Waals surface area contributed by atoms with Crippen molar-refractivity contribution in [3.63, 3.8) is 0 Å². The van der Waals surface area contributed by atoms with Gasteiger partial charge in [0, 0.05) is 11.6 Å². The molecule has 1 aliphatic heterocycles. The van der Waals surface area contributed by atoms with Crippen molar-refractivity contribution in [1.82, 2.24) is 9.71 Å². The van der Waals surface area contributed by atoms with Crippen molar-refractivity contribution < 1.29 is 22.7 Å². The zero-order chi connectivity index (χ0) is 18.8. The van der Waals surface area contributed by atoms with E-state index in [-0.39, 0.29) is 24.4 Å². The van der Waals surface area contributed by atoms with Crippen molar-refractivity contribution in [3.05, 3.63) is 42.1 Å². The number of fused-ring (bicyclic) bond motifs is 1. The van der Waals surface area contributed by atoms with E-state index in [1.807, 2.05) is 26.0 Å². The van der Waals surface area contributed by atoms with Crippen LogP contribution in [0.25, 0.3) is 10.9 Å².